The van der Waals surface area contributed by atoms with Gasteiger partial charge in [-0.3, -0.25) is 9.59 Å². The van der Waals surface area contributed by atoms with Crippen LogP contribution in [0.3, 0.4) is 0 Å². The van der Waals surface area contributed by atoms with E-state index in [4.69, 9.17) is 11.0 Å². The third-order valence-electron chi connectivity index (χ3n) is 1.97. The van der Waals surface area contributed by atoms with Crippen LogP contribution in [0.4, 0.5) is 13.2 Å². The Labute approximate surface area is 93.4 Å². The minimum absolute atomic E-state index is 0.0733. The maximum Gasteiger partial charge on any atom is 0.417 e. The zero-order valence-corrected chi connectivity index (χ0v) is 8.21. The number of nitriles is 1. The molecule has 0 saturated heterocycles. The topological polar surface area (TPSA) is 83.9 Å². The summed E-state index contributed by atoms with van der Waals surface area (Å²) in [5, 5.41) is 8.56. The van der Waals surface area contributed by atoms with Gasteiger partial charge in [0.1, 0.15) is 0 Å². The number of rotatable bonds is 2. The number of carbonyl (C=O) groups excluding carboxylic acids is 2. The second kappa shape index (κ2) is 4.25. The number of benzene rings is 1. The lowest BCUT2D eigenvalue weighted by molar-refractivity contribution is -0.138. The number of carbonyl (C=O) groups is 2. The Morgan fingerprint density at radius 1 is 1.41 bits per heavy atom. The smallest absolute Gasteiger partial charge is 0.366 e. The van der Waals surface area contributed by atoms with Gasteiger partial charge < -0.3 is 5.73 Å². The van der Waals surface area contributed by atoms with Crippen LogP contribution in [0.25, 0.3) is 0 Å². The molecule has 0 aromatic heterocycles. The van der Waals surface area contributed by atoms with E-state index < -0.39 is 28.8 Å². The molecule has 1 rings (SSSR count). The van der Waals surface area contributed by atoms with Crippen LogP contribution in [-0.4, -0.2) is 12.2 Å². The Balaban J connectivity index is 3.72. The van der Waals surface area contributed by atoms with Crippen LogP contribution in [0.15, 0.2) is 12.1 Å². The fourth-order valence-corrected chi connectivity index (χ4v) is 1.33. The molecule has 1 amide bonds. The normalized spacial score (nSPS) is 10.7. The second-order valence-electron chi connectivity index (χ2n) is 3.08. The maximum absolute atomic E-state index is 12.6. The molecular weight excluding hydrogens is 237 g/mol. The lowest BCUT2D eigenvalue weighted by atomic mass is 9.97. The van der Waals surface area contributed by atoms with E-state index in [0.29, 0.717) is 6.07 Å². The third kappa shape index (κ3) is 2.42. The fourth-order valence-electron chi connectivity index (χ4n) is 1.33. The van der Waals surface area contributed by atoms with Gasteiger partial charge in [0.05, 0.1) is 22.8 Å². The number of halogens is 3. The monoisotopic (exact) mass is 242 g/mol. The number of hydrogen-bond acceptors (Lipinski definition) is 3. The molecule has 0 bridgehead atoms. The van der Waals surface area contributed by atoms with Crippen LogP contribution >= 0.6 is 0 Å². The minimum atomic E-state index is -4.89. The lowest BCUT2D eigenvalue weighted by Gasteiger charge is -2.13. The average molecular weight is 242 g/mol. The molecule has 0 fully saturated rings. The van der Waals surface area contributed by atoms with Gasteiger partial charge in [-0.15, -0.1) is 0 Å². The van der Waals surface area contributed by atoms with Crippen molar-refractivity contribution in [3.05, 3.63) is 34.4 Å². The first-order chi connectivity index (χ1) is 7.81. The molecule has 1 aromatic rings. The van der Waals surface area contributed by atoms with E-state index in [9.17, 15) is 22.8 Å². The van der Waals surface area contributed by atoms with Crippen molar-refractivity contribution in [1.29, 1.82) is 5.26 Å². The zero-order chi connectivity index (χ0) is 13.2. The number of alkyl halides is 3. The highest BCUT2D eigenvalue weighted by Gasteiger charge is 2.37. The molecule has 0 atom stereocenters. The molecule has 0 heterocycles. The summed E-state index contributed by atoms with van der Waals surface area (Å²) in [7, 11) is 0. The number of hydrogen-bond donors (Lipinski definition) is 1. The second-order valence-corrected chi connectivity index (χ2v) is 3.08. The molecule has 4 nitrogen and oxygen atoms in total. The summed E-state index contributed by atoms with van der Waals surface area (Å²) in [6, 6.07) is 3.00. The van der Waals surface area contributed by atoms with Crippen LogP contribution in [0.5, 0.6) is 0 Å². The molecular formula is C10H5F3N2O2. The van der Waals surface area contributed by atoms with Crippen molar-refractivity contribution in [3.63, 3.8) is 0 Å². The Morgan fingerprint density at radius 2 is 2.00 bits per heavy atom. The molecule has 0 aliphatic heterocycles. The number of nitrogens with zero attached hydrogens (tertiary/aromatic N) is 1. The van der Waals surface area contributed by atoms with Gasteiger partial charge in [-0.05, 0) is 12.1 Å². The van der Waals surface area contributed by atoms with Gasteiger partial charge in [-0.1, -0.05) is 0 Å². The van der Waals surface area contributed by atoms with Crippen molar-refractivity contribution in [2.24, 2.45) is 5.73 Å². The van der Waals surface area contributed by atoms with Gasteiger partial charge in [0.15, 0.2) is 6.29 Å². The number of nitrogens with two attached hydrogens (primary N) is 1. The van der Waals surface area contributed by atoms with Gasteiger partial charge >= 0.3 is 6.18 Å². The Bertz CT molecular complexity index is 530. The fraction of sp³-hybridized carbons (Fsp3) is 0.100. The number of amides is 1. The Kier molecular flexibility index (Phi) is 3.18. The lowest BCUT2D eigenvalue weighted by Crippen LogP contribution is -2.21. The molecule has 2 N–H and O–H groups in total. The SMILES string of the molecule is N#Cc1cc(C=O)c(C(F)(F)F)c(C(N)=O)c1. The molecule has 17 heavy (non-hydrogen) atoms. The van der Waals surface area contributed by atoms with E-state index in [1.165, 1.54) is 0 Å². The molecule has 7 heteroatoms. The zero-order valence-electron chi connectivity index (χ0n) is 8.21. The molecule has 0 aliphatic rings. The van der Waals surface area contributed by atoms with Crippen molar-refractivity contribution in [3.8, 4) is 6.07 Å². The summed E-state index contributed by atoms with van der Waals surface area (Å²) in [4.78, 5) is 21.5. The first kappa shape index (κ1) is 12.7. The summed E-state index contributed by atoms with van der Waals surface area (Å²) in [6.45, 7) is 0. The van der Waals surface area contributed by atoms with Crippen molar-refractivity contribution in [2.75, 3.05) is 0 Å². The van der Waals surface area contributed by atoms with Crippen LogP contribution in [0, 0.1) is 11.3 Å². The predicted octanol–water partition coefficient (Wildman–Crippen LogP) is 1.49. The number of aldehydes is 1. The van der Waals surface area contributed by atoms with Gasteiger partial charge in [0.2, 0.25) is 5.91 Å². The molecule has 1 aromatic carbocycles. The Morgan fingerprint density at radius 3 is 2.35 bits per heavy atom. The molecule has 0 saturated carbocycles. The quantitative estimate of drug-likeness (QED) is 0.797. The molecule has 0 spiro atoms. The van der Waals surface area contributed by atoms with E-state index in [2.05, 4.69) is 0 Å². The van der Waals surface area contributed by atoms with Crippen molar-refractivity contribution in [2.45, 2.75) is 6.18 Å². The molecule has 0 radical (unpaired) electrons. The standard InChI is InChI=1S/C10H5F3N2O2/c11-10(12,13)8-6(4-16)1-5(3-14)2-7(8)9(15)17/h1-2,4H,(H2,15,17). The van der Waals surface area contributed by atoms with E-state index in [1.807, 2.05) is 0 Å². The first-order valence-electron chi connectivity index (χ1n) is 4.21. The highest BCUT2D eigenvalue weighted by Crippen LogP contribution is 2.34. The van der Waals surface area contributed by atoms with Crippen LogP contribution in [-0.2, 0) is 6.18 Å². The van der Waals surface area contributed by atoms with E-state index in [1.54, 1.807) is 6.07 Å². The van der Waals surface area contributed by atoms with Crippen LogP contribution < -0.4 is 5.73 Å². The molecule has 88 valence electrons. The predicted molar refractivity (Wildman–Crippen MR) is 50.1 cm³/mol. The maximum atomic E-state index is 12.6. The highest BCUT2D eigenvalue weighted by molar-refractivity contribution is 5.97. The summed E-state index contributed by atoms with van der Waals surface area (Å²) in [5.41, 5.74) is 1.46. The number of primary amides is 1. The van der Waals surface area contributed by atoms with E-state index in [0.717, 1.165) is 6.07 Å². The van der Waals surface area contributed by atoms with Gasteiger partial charge in [0.25, 0.3) is 0 Å². The summed E-state index contributed by atoms with van der Waals surface area (Å²) >= 11 is 0. The van der Waals surface area contributed by atoms with Gasteiger partial charge in [-0.25, -0.2) is 0 Å². The van der Waals surface area contributed by atoms with Crippen LogP contribution in [0.2, 0.25) is 0 Å². The van der Waals surface area contributed by atoms with Gasteiger partial charge in [-0.2, -0.15) is 18.4 Å². The first-order valence-corrected chi connectivity index (χ1v) is 4.21. The van der Waals surface area contributed by atoms with Crippen molar-refractivity contribution < 1.29 is 22.8 Å². The molecule has 0 unspecified atom stereocenters. The van der Waals surface area contributed by atoms with Crippen molar-refractivity contribution in [1.82, 2.24) is 0 Å². The van der Waals surface area contributed by atoms with Crippen LogP contribution in [0.1, 0.15) is 31.8 Å². The minimum Gasteiger partial charge on any atom is -0.366 e. The Hall–Kier alpha value is -2.36. The van der Waals surface area contributed by atoms with Crippen molar-refractivity contribution >= 4 is 12.2 Å². The van der Waals surface area contributed by atoms with E-state index in [-0.39, 0.29) is 11.8 Å². The largest absolute Gasteiger partial charge is 0.417 e. The third-order valence-corrected chi connectivity index (χ3v) is 1.97. The summed E-state index contributed by atoms with van der Waals surface area (Å²) < 4.78 is 37.9. The average Bonchev–Trinajstić information content (AvgIpc) is 2.25. The molecule has 0 aliphatic carbocycles. The van der Waals surface area contributed by atoms with E-state index >= 15 is 0 Å². The van der Waals surface area contributed by atoms with Gasteiger partial charge in [0, 0.05) is 5.56 Å². The summed E-state index contributed by atoms with van der Waals surface area (Å²) in [6.07, 6.45) is -4.97. The summed E-state index contributed by atoms with van der Waals surface area (Å²) in [5.74, 6) is -1.35. The highest BCUT2D eigenvalue weighted by atomic mass is 19.4.